The lowest BCUT2D eigenvalue weighted by molar-refractivity contribution is -0.163. The van der Waals surface area contributed by atoms with Gasteiger partial charge in [-0.25, -0.2) is 0 Å². The molecule has 4 aliphatic rings. The minimum Gasteiger partial charge on any atom is -0.462 e. The average molecular weight is 423 g/mol. The normalized spacial score (nSPS) is 36.3. The molecule has 2 heterocycles. The van der Waals surface area contributed by atoms with Gasteiger partial charge >= 0.3 is 11.9 Å². The molecule has 0 amide bonds. The Labute approximate surface area is 180 Å². The van der Waals surface area contributed by atoms with E-state index in [1.165, 1.54) is 0 Å². The molecular weight excluding hydrogens is 384 g/mol. The van der Waals surface area contributed by atoms with Crippen LogP contribution in [0.3, 0.4) is 0 Å². The highest BCUT2D eigenvalue weighted by atomic mass is 16.6. The van der Waals surface area contributed by atoms with Crippen molar-refractivity contribution in [3.8, 4) is 0 Å². The average Bonchev–Trinajstić information content (AvgIpc) is 3.26. The van der Waals surface area contributed by atoms with Crippen LogP contribution in [-0.4, -0.2) is 49.6 Å². The van der Waals surface area contributed by atoms with Crippen LogP contribution in [0.5, 0.6) is 0 Å². The Balaban J connectivity index is 1.26. The Hall–Kier alpha value is -1.14. The van der Waals surface area contributed by atoms with Crippen LogP contribution in [0.1, 0.15) is 79.1 Å². The molecule has 30 heavy (non-hydrogen) atoms. The van der Waals surface area contributed by atoms with Gasteiger partial charge in [0.2, 0.25) is 0 Å². The highest BCUT2D eigenvalue weighted by Gasteiger charge is 2.53. The molecule has 0 aromatic carbocycles. The number of carbonyl (C=O) groups excluding carboxylic acids is 2. The van der Waals surface area contributed by atoms with Gasteiger partial charge in [-0.15, -0.1) is 0 Å². The lowest BCUT2D eigenvalue weighted by atomic mass is 9.73. The zero-order valence-electron chi connectivity index (χ0n) is 19.0. The topological polar surface area (TPSA) is 71.1 Å². The third kappa shape index (κ3) is 4.85. The summed E-state index contributed by atoms with van der Waals surface area (Å²) in [5.41, 5.74) is 0.652. The fourth-order valence-electron chi connectivity index (χ4n) is 5.39. The van der Waals surface area contributed by atoms with Gasteiger partial charge < -0.3 is 18.9 Å². The van der Waals surface area contributed by atoms with E-state index in [4.69, 9.17) is 18.9 Å². The number of ether oxygens (including phenoxy) is 4. The lowest BCUT2D eigenvalue weighted by Crippen LogP contribution is -2.38. The third-order valence-electron chi connectivity index (χ3n) is 7.82. The van der Waals surface area contributed by atoms with Gasteiger partial charge in [-0.05, 0) is 62.2 Å². The highest BCUT2D eigenvalue weighted by Crippen LogP contribution is 2.40. The van der Waals surface area contributed by atoms with E-state index in [9.17, 15) is 9.59 Å². The van der Waals surface area contributed by atoms with Crippen LogP contribution in [-0.2, 0) is 28.5 Å². The second-order valence-electron chi connectivity index (χ2n) is 11.4. The van der Waals surface area contributed by atoms with Crippen molar-refractivity contribution in [1.29, 1.82) is 0 Å². The molecule has 2 saturated carbocycles. The van der Waals surface area contributed by atoms with E-state index >= 15 is 0 Å². The molecule has 170 valence electrons. The summed E-state index contributed by atoms with van der Waals surface area (Å²) in [5.74, 6) is -0.827. The van der Waals surface area contributed by atoms with Gasteiger partial charge in [-0.3, -0.25) is 9.59 Å². The predicted molar refractivity (Wildman–Crippen MR) is 111 cm³/mol. The SMILES string of the molecule is CC1(C)CCC(OC(=O)C2COC3C(OC(=O)C4CCC(C)(C)CC4)COC23)CC1. The van der Waals surface area contributed by atoms with Crippen LogP contribution in [0.4, 0.5) is 0 Å². The summed E-state index contributed by atoms with van der Waals surface area (Å²) >= 11 is 0. The maximum Gasteiger partial charge on any atom is 0.314 e. The van der Waals surface area contributed by atoms with Crippen LogP contribution in [0.2, 0.25) is 0 Å². The van der Waals surface area contributed by atoms with Crippen LogP contribution in [0.25, 0.3) is 0 Å². The molecule has 6 nitrogen and oxygen atoms in total. The molecule has 0 bridgehead atoms. The molecule has 2 aliphatic carbocycles. The molecule has 2 saturated heterocycles. The molecule has 0 N–H and O–H groups in total. The fraction of sp³-hybridized carbons (Fsp3) is 0.917. The Morgan fingerprint density at radius 2 is 1.30 bits per heavy atom. The van der Waals surface area contributed by atoms with Gasteiger partial charge in [-0.1, -0.05) is 27.7 Å². The van der Waals surface area contributed by atoms with E-state index in [0.29, 0.717) is 17.4 Å². The van der Waals surface area contributed by atoms with E-state index in [2.05, 4.69) is 27.7 Å². The smallest absolute Gasteiger partial charge is 0.314 e. The molecule has 6 heteroatoms. The fourth-order valence-corrected chi connectivity index (χ4v) is 5.39. The molecule has 0 radical (unpaired) electrons. The first-order chi connectivity index (χ1) is 14.1. The van der Waals surface area contributed by atoms with Gasteiger partial charge in [0.1, 0.15) is 24.2 Å². The number of hydrogen-bond acceptors (Lipinski definition) is 6. The van der Waals surface area contributed by atoms with Gasteiger partial charge in [0.05, 0.1) is 19.1 Å². The van der Waals surface area contributed by atoms with Gasteiger partial charge in [0.25, 0.3) is 0 Å². The Bertz CT molecular complexity index is 636. The maximum absolute atomic E-state index is 12.8. The van der Waals surface area contributed by atoms with Crippen molar-refractivity contribution in [3.63, 3.8) is 0 Å². The number of hydrogen-bond donors (Lipinski definition) is 0. The standard InChI is InChI=1S/C24H38O6/c1-23(2)9-5-15(6-10-23)21(25)30-18-14-28-19-17(13-27-20(18)19)22(26)29-16-7-11-24(3,4)12-8-16/h15-20H,5-14H2,1-4H3. The molecule has 4 fully saturated rings. The van der Waals surface area contributed by atoms with Crippen molar-refractivity contribution in [2.75, 3.05) is 13.2 Å². The lowest BCUT2D eigenvalue weighted by Gasteiger charge is -2.34. The Kier molecular flexibility index (Phi) is 6.19. The molecular formula is C24H38O6. The second kappa shape index (κ2) is 8.42. The van der Waals surface area contributed by atoms with E-state index in [1.807, 2.05) is 0 Å². The third-order valence-corrected chi connectivity index (χ3v) is 7.82. The summed E-state index contributed by atoms with van der Waals surface area (Å²) in [6.07, 6.45) is 6.66. The van der Waals surface area contributed by atoms with Crippen LogP contribution in [0.15, 0.2) is 0 Å². The summed E-state index contributed by atoms with van der Waals surface area (Å²) in [7, 11) is 0. The summed E-state index contributed by atoms with van der Waals surface area (Å²) in [4.78, 5) is 25.4. The van der Waals surface area contributed by atoms with Gasteiger partial charge in [0.15, 0.2) is 6.10 Å². The van der Waals surface area contributed by atoms with Gasteiger partial charge in [0, 0.05) is 0 Å². The molecule has 4 unspecified atom stereocenters. The van der Waals surface area contributed by atoms with E-state index < -0.39 is 12.0 Å². The largest absolute Gasteiger partial charge is 0.462 e. The van der Waals surface area contributed by atoms with E-state index in [0.717, 1.165) is 51.4 Å². The van der Waals surface area contributed by atoms with Crippen molar-refractivity contribution in [2.24, 2.45) is 22.7 Å². The monoisotopic (exact) mass is 422 g/mol. The minimum absolute atomic E-state index is 0.00449. The number of rotatable bonds is 4. The van der Waals surface area contributed by atoms with Crippen molar-refractivity contribution in [2.45, 2.75) is 103 Å². The molecule has 0 spiro atoms. The number of esters is 2. The molecule has 0 aromatic heterocycles. The quantitative estimate of drug-likeness (QED) is 0.637. The second-order valence-corrected chi connectivity index (χ2v) is 11.4. The van der Waals surface area contributed by atoms with Crippen LogP contribution in [0, 0.1) is 22.7 Å². The number of fused-ring (bicyclic) bond motifs is 1. The van der Waals surface area contributed by atoms with Crippen molar-refractivity contribution >= 4 is 11.9 Å². The van der Waals surface area contributed by atoms with Crippen molar-refractivity contribution in [1.82, 2.24) is 0 Å². The molecule has 0 aromatic rings. The van der Waals surface area contributed by atoms with Crippen molar-refractivity contribution in [3.05, 3.63) is 0 Å². The first-order valence-electron chi connectivity index (χ1n) is 11.8. The molecule has 4 atom stereocenters. The predicted octanol–water partition coefficient (Wildman–Crippen LogP) is 4.04. The molecule has 4 rings (SSSR count). The summed E-state index contributed by atoms with van der Waals surface area (Å²) in [6, 6.07) is 0. The first-order valence-corrected chi connectivity index (χ1v) is 11.8. The Morgan fingerprint density at radius 1 is 0.733 bits per heavy atom. The van der Waals surface area contributed by atoms with Crippen LogP contribution < -0.4 is 0 Å². The zero-order chi connectivity index (χ0) is 21.5. The zero-order valence-corrected chi connectivity index (χ0v) is 19.0. The van der Waals surface area contributed by atoms with Crippen LogP contribution >= 0.6 is 0 Å². The first kappa shape index (κ1) is 22.1. The summed E-state index contributed by atoms with van der Waals surface area (Å²) < 4.78 is 23.3. The van der Waals surface area contributed by atoms with Gasteiger partial charge in [-0.2, -0.15) is 0 Å². The highest BCUT2D eigenvalue weighted by molar-refractivity contribution is 5.74. The van der Waals surface area contributed by atoms with Crippen molar-refractivity contribution < 1.29 is 28.5 Å². The summed E-state index contributed by atoms with van der Waals surface area (Å²) in [6.45, 7) is 9.61. The maximum atomic E-state index is 12.8. The van der Waals surface area contributed by atoms with E-state index in [1.54, 1.807) is 0 Å². The Morgan fingerprint density at radius 3 is 1.93 bits per heavy atom. The minimum atomic E-state index is -0.427. The molecule has 2 aliphatic heterocycles. The van der Waals surface area contributed by atoms with E-state index in [-0.39, 0.29) is 42.8 Å². The number of carbonyl (C=O) groups is 2. The summed E-state index contributed by atoms with van der Waals surface area (Å²) in [5, 5.41) is 0.